The summed E-state index contributed by atoms with van der Waals surface area (Å²) < 4.78 is 2.17. The lowest BCUT2D eigenvalue weighted by atomic mass is 9.95. The van der Waals surface area contributed by atoms with Crippen molar-refractivity contribution in [2.24, 2.45) is 0 Å². The van der Waals surface area contributed by atoms with Crippen LogP contribution in [0.5, 0.6) is 0 Å². The molecule has 0 aromatic carbocycles. The minimum Gasteiger partial charge on any atom is -0.338 e. The molecular formula is C20H26N4O3. The number of aryl methyl sites for hydroxylation is 1. The van der Waals surface area contributed by atoms with E-state index in [0.717, 1.165) is 18.7 Å². The third kappa shape index (κ3) is 3.72. The summed E-state index contributed by atoms with van der Waals surface area (Å²) in [7, 11) is 0. The summed E-state index contributed by atoms with van der Waals surface area (Å²) in [6, 6.07) is 1.77. The number of ketones is 1. The van der Waals surface area contributed by atoms with Crippen LogP contribution in [-0.2, 0) is 0 Å². The third-order valence-corrected chi connectivity index (χ3v) is 5.25. The van der Waals surface area contributed by atoms with Gasteiger partial charge in [0.05, 0.1) is 0 Å². The molecule has 3 rings (SSSR count). The maximum atomic E-state index is 12.8. The van der Waals surface area contributed by atoms with Crippen molar-refractivity contribution in [3.63, 3.8) is 0 Å². The zero-order valence-electron chi connectivity index (χ0n) is 16.3. The second-order valence-electron chi connectivity index (χ2n) is 7.46. The van der Waals surface area contributed by atoms with Gasteiger partial charge in [0, 0.05) is 48.7 Å². The molecule has 2 aromatic heterocycles. The van der Waals surface area contributed by atoms with Crippen LogP contribution < -0.4 is 5.56 Å². The number of hydrogen-bond acceptors (Lipinski definition) is 4. The van der Waals surface area contributed by atoms with E-state index in [2.05, 4.69) is 28.4 Å². The van der Waals surface area contributed by atoms with Crippen LogP contribution >= 0.6 is 0 Å². The maximum Gasteiger partial charge on any atom is 0.261 e. The minimum absolute atomic E-state index is 0.0351. The van der Waals surface area contributed by atoms with Gasteiger partial charge in [0.2, 0.25) is 0 Å². The van der Waals surface area contributed by atoms with E-state index in [1.165, 1.54) is 13.0 Å². The lowest BCUT2D eigenvalue weighted by Gasteiger charge is -2.32. The molecule has 1 amide bonds. The van der Waals surface area contributed by atoms with Gasteiger partial charge in [0.15, 0.2) is 5.78 Å². The number of Topliss-reactive ketones (excluding diaryl/α,β-unsaturated/α-hetero) is 1. The fourth-order valence-electron chi connectivity index (χ4n) is 3.74. The molecule has 2 aromatic rings. The second kappa shape index (κ2) is 7.50. The first-order valence-corrected chi connectivity index (χ1v) is 9.36. The zero-order valence-corrected chi connectivity index (χ0v) is 16.3. The van der Waals surface area contributed by atoms with Crippen molar-refractivity contribution in [2.75, 3.05) is 13.1 Å². The Morgan fingerprint density at radius 1 is 1.22 bits per heavy atom. The second-order valence-corrected chi connectivity index (χ2v) is 7.46. The predicted molar refractivity (Wildman–Crippen MR) is 102 cm³/mol. The molecule has 27 heavy (non-hydrogen) atoms. The Labute approximate surface area is 158 Å². The van der Waals surface area contributed by atoms with E-state index in [0.29, 0.717) is 36.3 Å². The van der Waals surface area contributed by atoms with Crippen molar-refractivity contribution in [1.82, 2.24) is 19.4 Å². The largest absolute Gasteiger partial charge is 0.338 e. The van der Waals surface area contributed by atoms with Crippen LogP contribution in [-0.4, -0.2) is 44.2 Å². The number of imidazole rings is 1. The zero-order chi connectivity index (χ0) is 19.7. The van der Waals surface area contributed by atoms with E-state index < -0.39 is 5.56 Å². The quantitative estimate of drug-likeness (QED) is 0.838. The number of H-pyrrole nitrogens is 1. The fourth-order valence-corrected chi connectivity index (χ4v) is 3.74. The Bertz CT molecular complexity index is 918. The Kier molecular flexibility index (Phi) is 5.30. The first-order chi connectivity index (χ1) is 12.8. The van der Waals surface area contributed by atoms with Crippen LogP contribution in [0, 0.1) is 6.92 Å². The van der Waals surface area contributed by atoms with Gasteiger partial charge in [-0.05, 0) is 46.6 Å². The summed E-state index contributed by atoms with van der Waals surface area (Å²) in [5, 5.41) is 0. The normalized spacial score (nSPS) is 15.4. The average Bonchev–Trinajstić information content (AvgIpc) is 3.11. The van der Waals surface area contributed by atoms with E-state index in [4.69, 9.17) is 0 Å². The smallest absolute Gasteiger partial charge is 0.261 e. The van der Waals surface area contributed by atoms with E-state index in [1.807, 2.05) is 12.4 Å². The molecule has 0 bridgehead atoms. The molecule has 0 saturated carbocycles. The van der Waals surface area contributed by atoms with Gasteiger partial charge in [0.1, 0.15) is 11.4 Å². The van der Waals surface area contributed by atoms with Crippen LogP contribution in [0.2, 0.25) is 0 Å². The van der Waals surface area contributed by atoms with Gasteiger partial charge in [-0.15, -0.1) is 0 Å². The monoisotopic (exact) mass is 370 g/mol. The molecule has 1 aliphatic rings. The van der Waals surface area contributed by atoms with Crippen LogP contribution in [0.4, 0.5) is 0 Å². The van der Waals surface area contributed by atoms with Crippen molar-refractivity contribution in [3.8, 4) is 0 Å². The number of nitrogens with zero attached hydrogens (tertiary/aromatic N) is 3. The number of carbonyl (C=O) groups excluding carboxylic acids is 2. The number of likely N-dealkylation sites (tertiary alicyclic amines) is 1. The highest BCUT2D eigenvalue weighted by atomic mass is 16.2. The molecule has 3 heterocycles. The summed E-state index contributed by atoms with van der Waals surface area (Å²) in [5.41, 5.74) is 0.461. The van der Waals surface area contributed by atoms with Gasteiger partial charge in [-0.1, -0.05) is 0 Å². The van der Waals surface area contributed by atoms with Crippen molar-refractivity contribution >= 4 is 11.7 Å². The summed E-state index contributed by atoms with van der Waals surface area (Å²) in [6.45, 7) is 8.47. The van der Waals surface area contributed by atoms with Gasteiger partial charge in [-0.3, -0.25) is 14.4 Å². The maximum absolute atomic E-state index is 12.8. The molecule has 1 saturated heterocycles. The van der Waals surface area contributed by atoms with Crippen molar-refractivity contribution in [1.29, 1.82) is 0 Å². The molecule has 1 fully saturated rings. The number of carbonyl (C=O) groups is 2. The highest BCUT2D eigenvalue weighted by Gasteiger charge is 2.28. The number of rotatable bonds is 4. The SMILES string of the molecule is CC(=O)c1cc(C(=O)N2CCC(c3nccn3C(C)C)CC2)c(=O)[nH]c1C. The summed E-state index contributed by atoms with van der Waals surface area (Å²) in [4.78, 5) is 45.7. The van der Waals surface area contributed by atoms with Gasteiger partial charge in [-0.25, -0.2) is 4.98 Å². The molecule has 0 aliphatic carbocycles. The summed E-state index contributed by atoms with van der Waals surface area (Å²) in [5.74, 6) is 0.876. The number of nitrogens with one attached hydrogen (secondary N) is 1. The van der Waals surface area contributed by atoms with E-state index >= 15 is 0 Å². The van der Waals surface area contributed by atoms with Crippen LogP contribution in [0.3, 0.4) is 0 Å². The average molecular weight is 370 g/mol. The Hall–Kier alpha value is -2.70. The molecular weight excluding hydrogens is 344 g/mol. The van der Waals surface area contributed by atoms with Crippen molar-refractivity contribution < 1.29 is 9.59 Å². The molecule has 1 N–H and O–H groups in total. The van der Waals surface area contributed by atoms with E-state index in [1.54, 1.807) is 11.8 Å². The van der Waals surface area contributed by atoms with Gasteiger partial charge < -0.3 is 14.5 Å². The minimum atomic E-state index is -0.444. The van der Waals surface area contributed by atoms with Crippen molar-refractivity contribution in [2.45, 2.75) is 52.5 Å². The molecule has 0 atom stereocenters. The lowest BCUT2D eigenvalue weighted by Crippen LogP contribution is -2.40. The molecule has 1 aliphatic heterocycles. The molecule has 7 heteroatoms. The molecule has 0 unspecified atom stereocenters. The predicted octanol–water partition coefficient (Wildman–Crippen LogP) is 2.68. The molecule has 7 nitrogen and oxygen atoms in total. The number of hydrogen-bond donors (Lipinski definition) is 1. The molecule has 144 valence electrons. The highest BCUT2D eigenvalue weighted by Crippen LogP contribution is 2.29. The Morgan fingerprint density at radius 3 is 2.48 bits per heavy atom. The third-order valence-electron chi connectivity index (χ3n) is 5.25. The first kappa shape index (κ1) is 19.1. The Balaban J connectivity index is 1.76. The molecule has 0 radical (unpaired) electrons. The summed E-state index contributed by atoms with van der Waals surface area (Å²) in [6.07, 6.45) is 5.42. The van der Waals surface area contributed by atoms with Gasteiger partial charge in [-0.2, -0.15) is 0 Å². The van der Waals surface area contributed by atoms with Gasteiger partial charge in [0.25, 0.3) is 11.5 Å². The van der Waals surface area contributed by atoms with E-state index in [9.17, 15) is 14.4 Å². The standard InChI is InChI=1S/C20H26N4O3/c1-12(2)24-10-7-21-18(24)15-5-8-23(9-6-15)20(27)17-11-16(14(4)25)13(3)22-19(17)26/h7,10-12,15H,5-6,8-9H2,1-4H3,(H,22,26). The fraction of sp³-hybridized carbons (Fsp3) is 0.500. The van der Waals surface area contributed by atoms with Crippen LogP contribution in [0.25, 0.3) is 0 Å². The lowest BCUT2D eigenvalue weighted by molar-refractivity contribution is 0.0708. The number of aromatic nitrogens is 3. The van der Waals surface area contributed by atoms with Crippen LogP contribution in [0.1, 0.15) is 77.8 Å². The highest BCUT2D eigenvalue weighted by molar-refractivity contribution is 5.99. The molecule has 0 spiro atoms. The summed E-state index contributed by atoms with van der Waals surface area (Å²) >= 11 is 0. The van der Waals surface area contributed by atoms with E-state index in [-0.39, 0.29) is 17.3 Å². The Morgan fingerprint density at radius 2 is 1.89 bits per heavy atom. The number of aromatic amines is 1. The number of amides is 1. The topological polar surface area (TPSA) is 88.1 Å². The number of pyridine rings is 1. The van der Waals surface area contributed by atoms with Crippen molar-refractivity contribution in [3.05, 3.63) is 51.5 Å². The van der Waals surface area contributed by atoms with Gasteiger partial charge >= 0.3 is 0 Å². The van der Waals surface area contributed by atoms with Crippen LogP contribution in [0.15, 0.2) is 23.3 Å². The first-order valence-electron chi connectivity index (χ1n) is 9.36. The number of piperidine rings is 1.